The summed E-state index contributed by atoms with van der Waals surface area (Å²) in [5.41, 5.74) is 3.82. The normalized spacial score (nSPS) is 16.2. The maximum atomic E-state index is 13.5. The second-order valence-electron chi connectivity index (χ2n) is 7.73. The fraction of sp³-hybridized carbons (Fsp3) is 0.120. The monoisotopic (exact) mass is 460 g/mol. The Balaban J connectivity index is 1.42. The molecule has 166 valence electrons. The smallest absolute Gasteiger partial charge is 0.248 e. The Kier molecular flexibility index (Phi) is 5.87. The summed E-state index contributed by atoms with van der Waals surface area (Å²) < 4.78 is 13.5. The van der Waals surface area contributed by atoms with E-state index in [1.807, 2.05) is 48.5 Å². The van der Waals surface area contributed by atoms with E-state index in [0.717, 1.165) is 22.4 Å². The molecule has 33 heavy (non-hydrogen) atoms. The number of amides is 1. The number of carbonyl (C=O) groups excluding carboxylic acids is 1. The number of hydrogen-bond acceptors (Lipinski definition) is 6. The Morgan fingerprint density at radius 2 is 1.91 bits per heavy atom. The molecular formula is C25H21FN4O2S. The fourth-order valence-corrected chi connectivity index (χ4v) is 4.62. The van der Waals surface area contributed by atoms with E-state index in [4.69, 9.17) is 0 Å². The van der Waals surface area contributed by atoms with Crippen LogP contribution in [0.15, 0.2) is 84.4 Å². The Labute approximate surface area is 194 Å². The van der Waals surface area contributed by atoms with Crippen LogP contribution in [0.1, 0.15) is 29.0 Å². The van der Waals surface area contributed by atoms with Gasteiger partial charge in [0, 0.05) is 35.1 Å². The van der Waals surface area contributed by atoms with E-state index in [1.165, 1.54) is 23.5 Å². The number of thiazole rings is 1. The van der Waals surface area contributed by atoms with E-state index >= 15 is 0 Å². The van der Waals surface area contributed by atoms with Crippen molar-refractivity contribution in [2.24, 2.45) is 0 Å². The molecule has 0 aliphatic carbocycles. The van der Waals surface area contributed by atoms with Crippen LogP contribution in [0.5, 0.6) is 0 Å². The number of nitrogens with zero attached hydrogens (tertiary/aromatic N) is 2. The quantitative estimate of drug-likeness (QED) is 0.368. The summed E-state index contributed by atoms with van der Waals surface area (Å²) in [5, 5.41) is 19.5. The van der Waals surface area contributed by atoms with Crippen LogP contribution in [0.25, 0.3) is 0 Å². The molecule has 6 nitrogen and oxygen atoms in total. The van der Waals surface area contributed by atoms with Gasteiger partial charge in [-0.3, -0.25) is 9.69 Å². The molecule has 2 atom stereocenters. The van der Waals surface area contributed by atoms with Crippen LogP contribution in [0.2, 0.25) is 0 Å². The Morgan fingerprint density at radius 1 is 1.09 bits per heavy atom. The van der Waals surface area contributed by atoms with Crippen LogP contribution >= 0.6 is 11.3 Å². The summed E-state index contributed by atoms with van der Waals surface area (Å²) in [6.45, 7) is 0.375. The minimum atomic E-state index is -0.949. The van der Waals surface area contributed by atoms with Crippen LogP contribution in [-0.4, -0.2) is 20.9 Å². The first-order valence-corrected chi connectivity index (χ1v) is 11.3. The lowest BCUT2D eigenvalue weighted by Crippen LogP contribution is -2.36. The molecule has 0 saturated heterocycles. The molecule has 5 rings (SSSR count). The molecule has 8 heteroatoms. The van der Waals surface area contributed by atoms with Crippen molar-refractivity contribution in [3.05, 3.63) is 107 Å². The van der Waals surface area contributed by atoms with Crippen LogP contribution in [0, 0.1) is 5.82 Å². The predicted octanol–water partition coefficient (Wildman–Crippen LogP) is 5.21. The van der Waals surface area contributed by atoms with Gasteiger partial charge in [0.2, 0.25) is 5.91 Å². The molecule has 2 heterocycles. The number of anilines is 3. The highest BCUT2D eigenvalue weighted by Crippen LogP contribution is 2.40. The summed E-state index contributed by atoms with van der Waals surface area (Å²) >= 11 is 1.34. The zero-order valence-electron chi connectivity index (χ0n) is 17.5. The van der Waals surface area contributed by atoms with Gasteiger partial charge in [-0.05, 0) is 41.5 Å². The van der Waals surface area contributed by atoms with Crippen molar-refractivity contribution >= 4 is 33.8 Å². The van der Waals surface area contributed by atoms with E-state index in [0.29, 0.717) is 17.4 Å². The molecule has 1 unspecified atom stereocenters. The third-order valence-corrected chi connectivity index (χ3v) is 6.25. The number of aliphatic hydroxyl groups excluding tert-OH is 1. The molecule has 0 radical (unpaired) electrons. The fourth-order valence-electron chi connectivity index (χ4n) is 4.09. The molecule has 3 N–H and O–H groups in total. The maximum absolute atomic E-state index is 13.5. The van der Waals surface area contributed by atoms with Gasteiger partial charge < -0.3 is 15.7 Å². The Hall–Kier alpha value is -3.59. The molecule has 3 aromatic carbocycles. The summed E-state index contributed by atoms with van der Waals surface area (Å²) in [4.78, 5) is 19.2. The molecule has 1 aliphatic heterocycles. The van der Waals surface area contributed by atoms with Crippen LogP contribution in [-0.2, 0) is 11.3 Å². The summed E-state index contributed by atoms with van der Waals surface area (Å²) in [6, 6.07) is 20.5. The molecule has 0 saturated carbocycles. The van der Waals surface area contributed by atoms with Gasteiger partial charge in [-0.1, -0.05) is 42.5 Å². The van der Waals surface area contributed by atoms with Crippen molar-refractivity contribution in [1.82, 2.24) is 9.88 Å². The number of hydrogen-bond donors (Lipinski definition) is 3. The van der Waals surface area contributed by atoms with E-state index in [-0.39, 0.29) is 11.7 Å². The first-order valence-electron chi connectivity index (χ1n) is 10.4. The number of fused-ring (bicyclic) bond motifs is 1. The van der Waals surface area contributed by atoms with Crippen molar-refractivity contribution in [3.8, 4) is 0 Å². The molecular weight excluding hydrogens is 439 g/mol. The second-order valence-corrected chi connectivity index (χ2v) is 8.63. The molecule has 4 aromatic rings. The van der Waals surface area contributed by atoms with Crippen molar-refractivity contribution in [2.45, 2.75) is 18.8 Å². The molecule has 0 bridgehead atoms. The van der Waals surface area contributed by atoms with Crippen molar-refractivity contribution in [1.29, 1.82) is 0 Å². The summed E-state index contributed by atoms with van der Waals surface area (Å²) in [7, 11) is 0. The van der Waals surface area contributed by atoms with Gasteiger partial charge in [-0.2, -0.15) is 0 Å². The zero-order valence-corrected chi connectivity index (χ0v) is 18.3. The molecule has 0 fully saturated rings. The maximum Gasteiger partial charge on any atom is 0.248 e. The number of halogens is 1. The van der Waals surface area contributed by atoms with Gasteiger partial charge in [0.15, 0.2) is 5.13 Å². The van der Waals surface area contributed by atoms with Crippen LogP contribution in [0.4, 0.5) is 20.9 Å². The van der Waals surface area contributed by atoms with E-state index < -0.39 is 12.3 Å². The third-order valence-electron chi connectivity index (χ3n) is 5.56. The summed E-state index contributed by atoms with van der Waals surface area (Å²) in [6.07, 6.45) is 0.682. The second kappa shape index (κ2) is 9.11. The topological polar surface area (TPSA) is 77.5 Å². The number of rotatable bonds is 6. The van der Waals surface area contributed by atoms with Crippen molar-refractivity contribution in [3.63, 3.8) is 0 Å². The van der Waals surface area contributed by atoms with Crippen LogP contribution < -0.4 is 10.6 Å². The number of carbonyl (C=O) groups is 1. The highest BCUT2D eigenvalue weighted by molar-refractivity contribution is 7.13. The lowest BCUT2D eigenvalue weighted by atomic mass is 10.0. The first kappa shape index (κ1) is 21.3. The number of aromatic nitrogens is 1. The highest BCUT2D eigenvalue weighted by atomic mass is 32.1. The molecule has 1 aliphatic rings. The van der Waals surface area contributed by atoms with Crippen LogP contribution in [0.3, 0.4) is 0 Å². The van der Waals surface area contributed by atoms with E-state index in [2.05, 4.69) is 15.6 Å². The lowest BCUT2D eigenvalue weighted by molar-refractivity contribution is -0.126. The van der Waals surface area contributed by atoms with Gasteiger partial charge in [-0.25, -0.2) is 9.37 Å². The van der Waals surface area contributed by atoms with Gasteiger partial charge in [0.1, 0.15) is 18.1 Å². The van der Waals surface area contributed by atoms with Crippen molar-refractivity contribution < 1.29 is 14.3 Å². The van der Waals surface area contributed by atoms with Gasteiger partial charge >= 0.3 is 0 Å². The first-order chi connectivity index (χ1) is 16.1. The Morgan fingerprint density at radius 3 is 2.67 bits per heavy atom. The minimum absolute atomic E-state index is 0.263. The average Bonchev–Trinajstić information content (AvgIpc) is 3.43. The van der Waals surface area contributed by atoms with Gasteiger partial charge in [-0.15, -0.1) is 11.3 Å². The molecule has 1 aromatic heterocycles. The van der Waals surface area contributed by atoms with Gasteiger partial charge in [0.25, 0.3) is 0 Å². The predicted molar refractivity (Wildman–Crippen MR) is 127 cm³/mol. The average molecular weight is 461 g/mol. The standard InChI is InChI=1S/C25H21FN4O2S/c26-18-7-4-8-19(14-18)28-20-9-10-21-17(13-20)15-30(24(21)32)22(16-5-2-1-3-6-16)23(31)29-25-27-11-12-33-25/h1-14,22,24,28,32H,15H2,(H,27,29,31)/t22-,24?/m1/s1. The number of aliphatic hydroxyl groups is 1. The summed E-state index contributed by atoms with van der Waals surface area (Å²) in [5.74, 6) is -0.583. The van der Waals surface area contributed by atoms with E-state index in [9.17, 15) is 14.3 Å². The zero-order chi connectivity index (χ0) is 22.8. The SMILES string of the molecule is O=C(Nc1nccs1)[C@@H](c1ccccc1)N1Cc2cc(Nc3cccc(F)c3)ccc2C1O. The Bertz CT molecular complexity index is 1270. The minimum Gasteiger partial charge on any atom is -0.374 e. The third kappa shape index (κ3) is 4.49. The number of benzene rings is 3. The highest BCUT2D eigenvalue weighted by Gasteiger charge is 2.38. The van der Waals surface area contributed by atoms with E-state index in [1.54, 1.807) is 28.6 Å². The molecule has 1 amide bonds. The lowest BCUT2D eigenvalue weighted by Gasteiger charge is -2.29. The largest absolute Gasteiger partial charge is 0.374 e. The molecule has 0 spiro atoms. The number of nitrogens with one attached hydrogen (secondary N) is 2. The van der Waals surface area contributed by atoms with Gasteiger partial charge in [0.05, 0.1) is 0 Å². The van der Waals surface area contributed by atoms with Crippen molar-refractivity contribution in [2.75, 3.05) is 10.6 Å².